The monoisotopic (exact) mass is 213 g/mol. The Hall–Kier alpha value is -1.36. The zero-order valence-corrected chi connectivity index (χ0v) is 9.03. The van der Waals surface area contributed by atoms with Crippen LogP contribution in [0.5, 0.6) is 0 Å². The van der Waals surface area contributed by atoms with Gasteiger partial charge in [0.15, 0.2) is 0 Å². The van der Waals surface area contributed by atoms with Crippen LogP contribution in [0.1, 0.15) is 22.2 Å². The van der Waals surface area contributed by atoms with E-state index in [0.717, 1.165) is 5.56 Å². The smallest absolute Gasteiger partial charge is 0.350 e. The molecule has 0 radical (unpaired) electrons. The number of esters is 1. The van der Waals surface area contributed by atoms with E-state index in [1.165, 1.54) is 25.4 Å². The van der Waals surface area contributed by atoms with E-state index in [2.05, 4.69) is 10.1 Å². The molecule has 0 saturated heterocycles. The number of carbonyl (C=O) groups excluding carboxylic acids is 2. The Labute approximate surface area is 85.9 Å². The van der Waals surface area contributed by atoms with E-state index in [9.17, 15) is 9.59 Å². The van der Waals surface area contributed by atoms with Crippen molar-refractivity contribution in [3.8, 4) is 0 Å². The van der Waals surface area contributed by atoms with Crippen LogP contribution in [0.15, 0.2) is 5.38 Å². The van der Waals surface area contributed by atoms with Gasteiger partial charge in [-0.15, -0.1) is 11.3 Å². The van der Waals surface area contributed by atoms with E-state index in [4.69, 9.17) is 0 Å². The highest BCUT2D eigenvalue weighted by Gasteiger charge is 2.17. The molecule has 14 heavy (non-hydrogen) atoms. The second-order valence-corrected chi connectivity index (χ2v) is 3.68. The standard InChI is InChI=1S/C9H11NO3S/c1-5-4-14-8(9(12)13-3)7(5)10-6(2)11/h4H,1-3H3,(H,10,11). The normalized spacial score (nSPS) is 9.64. The molecule has 0 saturated carbocycles. The number of anilines is 1. The van der Waals surface area contributed by atoms with E-state index in [1.54, 1.807) is 5.38 Å². The number of nitrogens with one attached hydrogen (secondary N) is 1. The second kappa shape index (κ2) is 4.23. The van der Waals surface area contributed by atoms with Crippen LogP contribution in [-0.4, -0.2) is 19.0 Å². The van der Waals surface area contributed by atoms with Crippen LogP contribution in [0.3, 0.4) is 0 Å². The third-order valence-corrected chi connectivity index (χ3v) is 2.72. The van der Waals surface area contributed by atoms with Crippen LogP contribution >= 0.6 is 11.3 Å². The SMILES string of the molecule is COC(=O)c1scc(C)c1NC(C)=O. The molecule has 1 N–H and O–H groups in total. The number of methoxy groups -OCH3 is 1. The predicted octanol–water partition coefficient (Wildman–Crippen LogP) is 1.80. The molecule has 5 heteroatoms. The number of hydrogen-bond donors (Lipinski definition) is 1. The largest absolute Gasteiger partial charge is 0.465 e. The first-order valence-electron chi connectivity index (χ1n) is 4.00. The maximum Gasteiger partial charge on any atom is 0.350 e. The first-order chi connectivity index (χ1) is 6.56. The zero-order valence-electron chi connectivity index (χ0n) is 8.21. The van der Waals surface area contributed by atoms with Gasteiger partial charge in [-0.25, -0.2) is 4.79 Å². The fraction of sp³-hybridized carbons (Fsp3) is 0.333. The Kier molecular flexibility index (Phi) is 3.24. The lowest BCUT2D eigenvalue weighted by atomic mass is 10.2. The first kappa shape index (κ1) is 10.7. The van der Waals surface area contributed by atoms with Gasteiger partial charge in [0.1, 0.15) is 4.88 Å². The summed E-state index contributed by atoms with van der Waals surface area (Å²) >= 11 is 1.26. The summed E-state index contributed by atoms with van der Waals surface area (Å²) in [7, 11) is 1.31. The molecule has 0 fully saturated rings. The molecule has 0 bridgehead atoms. The molecule has 1 rings (SSSR count). The van der Waals surface area contributed by atoms with Crippen LogP contribution in [0.2, 0.25) is 0 Å². The number of amides is 1. The summed E-state index contributed by atoms with van der Waals surface area (Å²) in [5, 5.41) is 4.41. The molecule has 4 nitrogen and oxygen atoms in total. The topological polar surface area (TPSA) is 55.4 Å². The van der Waals surface area contributed by atoms with Crippen molar-refractivity contribution >= 4 is 28.9 Å². The highest BCUT2D eigenvalue weighted by molar-refractivity contribution is 7.12. The number of carbonyl (C=O) groups is 2. The van der Waals surface area contributed by atoms with Crippen LogP contribution in [0.25, 0.3) is 0 Å². The maximum absolute atomic E-state index is 11.3. The summed E-state index contributed by atoms with van der Waals surface area (Å²) in [5.74, 6) is -0.622. The second-order valence-electron chi connectivity index (χ2n) is 2.80. The molecule has 1 aromatic heterocycles. The van der Waals surface area contributed by atoms with Crippen LogP contribution in [0, 0.1) is 6.92 Å². The van der Waals surface area contributed by atoms with Crippen molar-refractivity contribution in [2.45, 2.75) is 13.8 Å². The van der Waals surface area contributed by atoms with E-state index in [1.807, 2.05) is 6.92 Å². The highest BCUT2D eigenvalue weighted by atomic mass is 32.1. The van der Waals surface area contributed by atoms with Crippen molar-refractivity contribution in [2.24, 2.45) is 0 Å². The van der Waals surface area contributed by atoms with E-state index in [-0.39, 0.29) is 5.91 Å². The molecule has 0 aliphatic rings. The summed E-state index contributed by atoms with van der Waals surface area (Å²) in [4.78, 5) is 22.6. The van der Waals surface area contributed by atoms with Crippen LogP contribution in [-0.2, 0) is 9.53 Å². The summed E-state index contributed by atoms with van der Waals surface area (Å²) in [5.41, 5.74) is 1.42. The fourth-order valence-electron chi connectivity index (χ4n) is 1.02. The van der Waals surface area contributed by atoms with Crippen LogP contribution < -0.4 is 5.32 Å². The lowest BCUT2D eigenvalue weighted by molar-refractivity contribution is -0.114. The quantitative estimate of drug-likeness (QED) is 0.762. The third-order valence-electron chi connectivity index (χ3n) is 1.65. The van der Waals surface area contributed by atoms with Crippen molar-refractivity contribution in [3.05, 3.63) is 15.8 Å². The van der Waals surface area contributed by atoms with Gasteiger partial charge in [0.2, 0.25) is 5.91 Å². The third kappa shape index (κ3) is 2.11. The van der Waals surface area contributed by atoms with E-state index in [0.29, 0.717) is 10.6 Å². The van der Waals surface area contributed by atoms with Crippen molar-refractivity contribution < 1.29 is 14.3 Å². The van der Waals surface area contributed by atoms with Gasteiger partial charge in [0, 0.05) is 6.92 Å². The van der Waals surface area contributed by atoms with Gasteiger partial charge in [0.25, 0.3) is 0 Å². The van der Waals surface area contributed by atoms with Gasteiger partial charge in [-0.05, 0) is 17.9 Å². The lowest BCUT2D eigenvalue weighted by Crippen LogP contribution is -2.10. The summed E-state index contributed by atoms with van der Waals surface area (Å²) in [6, 6.07) is 0. The molecule has 0 aromatic carbocycles. The number of thiophene rings is 1. The predicted molar refractivity (Wildman–Crippen MR) is 54.7 cm³/mol. The Morgan fingerprint density at radius 3 is 2.64 bits per heavy atom. The minimum atomic E-state index is -0.424. The molecule has 76 valence electrons. The van der Waals surface area contributed by atoms with Gasteiger partial charge in [-0.1, -0.05) is 0 Å². The van der Waals surface area contributed by atoms with Crippen molar-refractivity contribution in [3.63, 3.8) is 0 Å². The molecule has 0 unspecified atom stereocenters. The Bertz CT molecular complexity index is 370. The fourth-order valence-corrected chi connectivity index (χ4v) is 1.94. The number of rotatable bonds is 2. The highest BCUT2D eigenvalue weighted by Crippen LogP contribution is 2.28. The molecule has 0 atom stereocenters. The van der Waals surface area contributed by atoms with Gasteiger partial charge >= 0.3 is 5.97 Å². The van der Waals surface area contributed by atoms with Gasteiger partial charge in [0.05, 0.1) is 12.8 Å². The Morgan fingerprint density at radius 1 is 1.50 bits per heavy atom. The maximum atomic E-state index is 11.3. The summed E-state index contributed by atoms with van der Waals surface area (Å²) in [6.45, 7) is 3.23. The molecular formula is C9H11NO3S. The Balaban J connectivity index is 3.05. The molecule has 1 amide bonds. The number of aryl methyl sites for hydroxylation is 1. The van der Waals surface area contributed by atoms with Gasteiger partial charge < -0.3 is 10.1 Å². The molecule has 1 aromatic rings. The zero-order chi connectivity index (χ0) is 10.7. The number of ether oxygens (including phenoxy) is 1. The minimum absolute atomic E-state index is 0.198. The minimum Gasteiger partial charge on any atom is -0.465 e. The van der Waals surface area contributed by atoms with Crippen molar-refractivity contribution in [1.82, 2.24) is 0 Å². The van der Waals surface area contributed by atoms with Crippen LogP contribution in [0.4, 0.5) is 5.69 Å². The van der Waals surface area contributed by atoms with E-state index < -0.39 is 5.97 Å². The Morgan fingerprint density at radius 2 is 2.14 bits per heavy atom. The average Bonchev–Trinajstić information content (AvgIpc) is 2.46. The summed E-state index contributed by atoms with van der Waals surface area (Å²) < 4.78 is 4.59. The summed E-state index contributed by atoms with van der Waals surface area (Å²) in [6.07, 6.45) is 0. The van der Waals surface area contributed by atoms with Crippen molar-refractivity contribution in [1.29, 1.82) is 0 Å². The van der Waals surface area contributed by atoms with Gasteiger partial charge in [-0.3, -0.25) is 4.79 Å². The molecule has 0 aliphatic carbocycles. The van der Waals surface area contributed by atoms with Gasteiger partial charge in [-0.2, -0.15) is 0 Å². The number of hydrogen-bond acceptors (Lipinski definition) is 4. The molecule has 1 heterocycles. The molecule has 0 aliphatic heterocycles. The van der Waals surface area contributed by atoms with E-state index >= 15 is 0 Å². The first-order valence-corrected chi connectivity index (χ1v) is 4.88. The lowest BCUT2D eigenvalue weighted by Gasteiger charge is -2.03. The molecule has 0 spiro atoms. The van der Waals surface area contributed by atoms with Crippen molar-refractivity contribution in [2.75, 3.05) is 12.4 Å². The average molecular weight is 213 g/mol. The molecular weight excluding hydrogens is 202 g/mol.